The number of aromatic nitrogens is 2. The lowest BCUT2D eigenvalue weighted by molar-refractivity contribution is -0.390. The van der Waals surface area contributed by atoms with E-state index in [9.17, 15) is 10.1 Å². The molecule has 0 N–H and O–H groups in total. The van der Waals surface area contributed by atoms with Crippen molar-refractivity contribution in [2.75, 3.05) is 7.11 Å². The van der Waals surface area contributed by atoms with Gasteiger partial charge in [0.15, 0.2) is 4.60 Å². The van der Waals surface area contributed by atoms with E-state index in [-0.39, 0.29) is 5.82 Å². The van der Waals surface area contributed by atoms with Crippen molar-refractivity contribution in [3.05, 3.63) is 48.8 Å². The highest BCUT2D eigenvalue weighted by molar-refractivity contribution is 9.10. The number of rotatable bonds is 4. The molecule has 20 heavy (non-hydrogen) atoms. The van der Waals surface area contributed by atoms with Crippen LogP contribution >= 0.6 is 31.9 Å². The first-order chi connectivity index (χ1) is 9.43. The van der Waals surface area contributed by atoms with Crippen molar-refractivity contribution >= 4 is 37.7 Å². The smallest absolute Gasteiger partial charge is 0.396 e. The summed E-state index contributed by atoms with van der Waals surface area (Å²) in [5.74, 6) is 1.15. The molecule has 0 aliphatic rings. The Morgan fingerprint density at radius 2 is 2.15 bits per heavy atom. The third kappa shape index (κ3) is 2.85. The number of nitrogens with zero attached hydrogens (tertiary/aromatic N) is 3. The minimum Gasteiger partial charge on any atom is -0.496 e. The van der Waals surface area contributed by atoms with Gasteiger partial charge in [0.2, 0.25) is 5.82 Å². The number of methoxy groups -OCH3 is 1. The van der Waals surface area contributed by atoms with Crippen LogP contribution in [-0.4, -0.2) is 21.6 Å². The highest BCUT2D eigenvalue weighted by atomic mass is 79.9. The van der Waals surface area contributed by atoms with Crippen LogP contribution in [0.5, 0.6) is 5.75 Å². The maximum Gasteiger partial charge on any atom is 0.396 e. The summed E-state index contributed by atoms with van der Waals surface area (Å²) in [5, 5.41) is 10.9. The van der Waals surface area contributed by atoms with E-state index in [2.05, 4.69) is 36.8 Å². The van der Waals surface area contributed by atoms with Gasteiger partial charge >= 0.3 is 5.82 Å². The summed E-state index contributed by atoms with van der Waals surface area (Å²) < 4.78 is 8.11. The van der Waals surface area contributed by atoms with Gasteiger partial charge in [0.05, 0.1) is 18.1 Å². The molecular weight excluding hydrogens is 394 g/mol. The van der Waals surface area contributed by atoms with Gasteiger partial charge in [-0.25, -0.2) is 0 Å². The van der Waals surface area contributed by atoms with Gasteiger partial charge in [0, 0.05) is 6.92 Å². The molecule has 0 saturated heterocycles. The fourth-order valence-electron chi connectivity index (χ4n) is 1.81. The number of nitro groups is 1. The fourth-order valence-corrected chi connectivity index (χ4v) is 3.02. The Bertz CT molecular complexity index is 670. The van der Waals surface area contributed by atoms with Crippen LogP contribution in [0.2, 0.25) is 0 Å². The Kier molecular flexibility index (Phi) is 4.44. The molecule has 0 fully saturated rings. The van der Waals surface area contributed by atoms with Gasteiger partial charge in [-0.2, -0.15) is 0 Å². The molecule has 1 heterocycles. The largest absolute Gasteiger partial charge is 0.496 e. The molecule has 0 radical (unpaired) electrons. The molecule has 0 amide bonds. The summed E-state index contributed by atoms with van der Waals surface area (Å²) in [6.07, 6.45) is 0. The topological polar surface area (TPSA) is 70.2 Å². The number of aryl methyl sites for hydroxylation is 1. The normalized spacial score (nSPS) is 10.6. The molecule has 0 saturated carbocycles. The number of ether oxygens (including phenoxy) is 1. The molecule has 0 bridgehead atoms. The lowest BCUT2D eigenvalue weighted by Crippen LogP contribution is -2.03. The lowest BCUT2D eigenvalue weighted by atomic mass is 10.2. The van der Waals surface area contributed by atoms with Gasteiger partial charge in [-0.1, -0.05) is 6.07 Å². The molecule has 0 atom stereocenters. The van der Waals surface area contributed by atoms with E-state index in [1.807, 2.05) is 18.2 Å². The predicted octanol–water partition coefficient (Wildman–Crippen LogP) is 3.68. The summed E-state index contributed by atoms with van der Waals surface area (Å²) in [5.41, 5.74) is 0.980. The Balaban J connectivity index is 2.35. The maximum absolute atomic E-state index is 10.9. The summed E-state index contributed by atoms with van der Waals surface area (Å²) in [6.45, 7) is 2.21. The number of hydrogen-bond donors (Lipinski definition) is 0. The van der Waals surface area contributed by atoms with E-state index in [1.54, 1.807) is 18.6 Å². The Morgan fingerprint density at radius 3 is 2.65 bits per heavy atom. The van der Waals surface area contributed by atoms with Gasteiger partial charge in [0.1, 0.15) is 5.75 Å². The van der Waals surface area contributed by atoms with Crippen molar-refractivity contribution in [2.45, 2.75) is 13.5 Å². The zero-order chi connectivity index (χ0) is 14.9. The van der Waals surface area contributed by atoms with Gasteiger partial charge in [-0.15, -0.1) is 0 Å². The van der Waals surface area contributed by atoms with Gasteiger partial charge in [0.25, 0.3) is 0 Å². The second-order valence-electron chi connectivity index (χ2n) is 4.09. The van der Waals surface area contributed by atoms with Gasteiger partial charge in [-0.05, 0) is 59.5 Å². The van der Waals surface area contributed by atoms with Crippen LogP contribution < -0.4 is 4.74 Å². The van der Waals surface area contributed by atoms with Crippen molar-refractivity contribution in [1.29, 1.82) is 0 Å². The van der Waals surface area contributed by atoms with E-state index in [0.29, 0.717) is 17.0 Å². The third-order valence-corrected chi connectivity index (χ3v) is 4.21. The van der Waals surface area contributed by atoms with Crippen LogP contribution in [0.25, 0.3) is 0 Å². The molecular formula is C12H11Br2N3O3. The summed E-state index contributed by atoms with van der Waals surface area (Å²) in [4.78, 5) is 14.3. The monoisotopic (exact) mass is 403 g/mol. The fraction of sp³-hybridized carbons (Fsp3) is 0.250. The second kappa shape index (κ2) is 5.92. The minimum absolute atomic E-state index is 0.171. The van der Waals surface area contributed by atoms with E-state index in [1.165, 1.54) is 0 Å². The molecule has 2 aromatic rings. The van der Waals surface area contributed by atoms with Crippen LogP contribution in [0, 0.1) is 17.0 Å². The molecule has 0 aliphatic heterocycles. The highest BCUT2D eigenvalue weighted by Gasteiger charge is 2.23. The van der Waals surface area contributed by atoms with Gasteiger partial charge in [-0.3, -0.25) is 4.57 Å². The molecule has 6 nitrogen and oxygen atoms in total. The van der Waals surface area contributed by atoms with Crippen LogP contribution in [0.4, 0.5) is 5.82 Å². The zero-order valence-corrected chi connectivity index (χ0v) is 13.9. The predicted molar refractivity (Wildman–Crippen MR) is 81.1 cm³/mol. The van der Waals surface area contributed by atoms with Crippen LogP contribution in [-0.2, 0) is 6.54 Å². The molecule has 1 aromatic carbocycles. The Labute approximate surface area is 132 Å². The Morgan fingerprint density at radius 1 is 1.45 bits per heavy atom. The standard InChI is InChI=1S/C12H11Br2N3O3/c1-7-15-12(17(18)19)11(14)16(7)6-8-3-4-10(20-2)9(13)5-8/h3-5H,6H2,1-2H3. The number of hydrogen-bond acceptors (Lipinski definition) is 4. The van der Waals surface area contributed by atoms with E-state index in [4.69, 9.17) is 4.74 Å². The Hall–Kier alpha value is -1.41. The molecule has 0 spiro atoms. The quantitative estimate of drug-likeness (QED) is 0.575. The first kappa shape index (κ1) is 15.0. The first-order valence-electron chi connectivity index (χ1n) is 5.63. The van der Waals surface area contributed by atoms with Gasteiger partial charge < -0.3 is 14.9 Å². The van der Waals surface area contributed by atoms with E-state index >= 15 is 0 Å². The first-order valence-corrected chi connectivity index (χ1v) is 7.22. The van der Waals surface area contributed by atoms with Crippen molar-refractivity contribution in [2.24, 2.45) is 0 Å². The van der Waals surface area contributed by atoms with Crippen molar-refractivity contribution in [1.82, 2.24) is 9.55 Å². The summed E-state index contributed by atoms with van der Waals surface area (Å²) in [7, 11) is 1.60. The second-order valence-corrected chi connectivity index (χ2v) is 5.69. The minimum atomic E-state index is -0.502. The summed E-state index contributed by atoms with van der Waals surface area (Å²) >= 11 is 6.65. The molecule has 0 aliphatic carbocycles. The van der Waals surface area contributed by atoms with Crippen LogP contribution in [0.3, 0.4) is 0 Å². The van der Waals surface area contributed by atoms with Crippen LogP contribution in [0.1, 0.15) is 11.4 Å². The molecule has 2 rings (SSSR count). The zero-order valence-electron chi connectivity index (χ0n) is 10.8. The van der Waals surface area contributed by atoms with Crippen LogP contribution in [0.15, 0.2) is 27.3 Å². The molecule has 0 unspecified atom stereocenters. The lowest BCUT2D eigenvalue weighted by Gasteiger charge is -2.08. The molecule has 8 heteroatoms. The number of halogens is 2. The third-order valence-electron chi connectivity index (χ3n) is 2.81. The van der Waals surface area contributed by atoms with Crippen molar-refractivity contribution in [3.63, 3.8) is 0 Å². The van der Waals surface area contributed by atoms with Crippen molar-refractivity contribution in [3.8, 4) is 5.75 Å². The number of benzene rings is 1. The highest BCUT2D eigenvalue weighted by Crippen LogP contribution is 2.29. The average molecular weight is 405 g/mol. The molecule has 1 aromatic heterocycles. The van der Waals surface area contributed by atoms with E-state index < -0.39 is 4.92 Å². The molecule has 106 valence electrons. The van der Waals surface area contributed by atoms with Crippen molar-refractivity contribution < 1.29 is 9.66 Å². The summed E-state index contributed by atoms with van der Waals surface area (Å²) in [6, 6.07) is 5.66. The van der Waals surface area contributed by atoms with E-state index in [0.717, 1.165) is 15.8 Å². The maximum atomic E-state index is 10.9. The SMILES string of the molecule is COc1ccc(Cn2c(C)nc([N+](=O)[O-])c2Br)cc1Br. The average Bonchev–Trinajstić information content (AvgIpc) is 2.67. The number of imidazole rings is 1.